The molecule has 7 heteroatoms. The fraction of sp³-hybridized carbons (Fsp3) is 0.222. The number of nitrogens with zero attached hydrogens (tertiary/aromatic N) is 4. The van der Waals surface area contributed by atoms with Gasteiger partial charge in [-0.3, -0.25) is 5.32 Å². The van der Waals surface area contributed by atoms with Gasteiger partial charge in [0.2, 0.25) is 0 Å². The van der Waals surface area contributed by atoms with Gasteiger partial charge in [-0.05, 0) is 31.0 Å². The van der Waals surface area contributed by atoms with Crippen LogP contribution in [0.25, 0.3) is 16.7 Å². The van der Waals surface area contributed by atoms with Crippen molar-refractivity contribution in [1.82, 2.24) is 20.1 Å². The molecule has 0 atom stereocenters. The lowest BCUT2D eigenvalue weighted by Crippen LogP contribution is -2.30. The Hall–Kier alpha value is -3.40. The van der Waals surface area contributed by atoms with Crippen LogP contribution in [0.3, 0.4) is 0 Å². The van der Waals surface area contributed by atoms with Crippen molar-refractivity contribution < 1.29 is 4.79 Å². The van der Waals surface area contributed by atoms with Gasteiger partial charge in [0.1, 0.15) is 11.6 Å². The number of nitriles is 1. The maximum Gasteiger partial charge on any atom is 0.320 e. The van der Waals surface area contributed by atoms with Crippen molar-refractivity contribution in [2.45, 2.75) is 20.3 Å². The van der Waals surface area contributed by atoms with Crippen molar-refractivity contribution in [3.63, 3.8) is 0 Å². The topological polar surface area (TPSA) is 95.6 Å². The quantitative estimate of drug-likeness (QED) is 0.766. The van der Waals surface area contributed by atoms with Gasteiger partial charge in [0.05, 0.1) is 11.7 Å². The molecule has 0 fully saturated rings. The number of para-hydroxylation sites is 1. The molecule has 3 aromatic rings. The smallest absolute Gasteiger partial charge is 0.320 e. The van der Waals surface area contributed by atoms with Crippen molar-refractivity contribution in [2.75, 3.05) is 11.9 Å². The zero-order valence-corrected chi connectivity index (χ0v) is 14.1. The monoisotopic (exact) mass is 334 g/mol. The van der Waals surface area contributed by atoms with E-state index in [1.807, 2.05) is 50.2 Å². The lowest BCUT2D eigenvalue weighted by atomic mass is 10.1. The van der Waals surface area contributed by atoms with Gasteiger partial charge in [-0.25, -0.2) is 9.78 Å². The molecular weight excluding hydrogens is 316 g/mol. The Labute approximate surface area is 145 Å². The molecule has 2 aromatic heterocycles. The van der Waals surface area contributed by atoms with Crippen molar-refractivity contribution in [1.29, 1.82) is 5.26 Å². The molecule has 7 nitrogen and oxygen atoms in total. The predicted octanol–water partition coefficient (Wildman–Crippen LogP) is 3.13. The van der Waals surface area contributed by atoms with Crippen molar-refractivity contribution in [3.05, 3.63) is 47.7 Å². The zero-order chi connectivity index (χ0) is 17.8. The van der Waals surface area contributed by atoms with Crippen LogP contribution in [0.2, 0.25) is 0 Å². The summed E-state index contributed by atoms with van der Waals surface area (Å²) in [7, 11) is 0. The largest absolute Gasteiger partial charge is 0.338 e. The van der Waals surface area contributed by atoms with Crippen LogP contribution in [-0.2, 0) is 0 Å². The van der Waals surface area contributed by atoms with E-state index >= 15 is 0 Å². The van der Waals surface area contributed by atoms with Gasteiger partial charge in [0, 0.05) is 11.9 Å². The Morgan fingerprint density at radius 2 is 2.16 bits per heavy atom. The van der Waals surface area contributed by atoms with E-state index in [9.17, 15) is 10.1 Å². The van der Waals surface area contributed by atoms with E-state index in [0.717, 1.165) is 22.9 Å². The van der Waals surface area contributed by atoms with Crippen LogP contribution in [0, 0.1) is 18.3 Å². The predicted molar refractivity (Wildman–Crippen MR) is 95.6 cm³/mol. The molecule has 0 aliphatic rings. The third-order valence-electron chi connectivity index (χ3n) is 3.78. The Morgan fingerprint density at radius 1 is 1.36 bits per heavy atom. The van der Waals surface area contributed by atoms with Gasteiger partial charge in [-0.15, -0.1) is 0 Å². The summed E-state index contributed by atoms with van der Waals surface area (Å²) in [5.41, 5.74) is 2.14. The minimum atomic E-state index is -0.377. The van der Waals surface area contributed by atoms with E-state index in [4.69, 9.17) is 0 Å². The molecule has 1 aromatic carbocycles. The number of nitrogens with one attached hydrogen (secondary N) is 2. The number of amides is 2. The SMILES string of the molecule is CCCNC(=O)Nc1c(C#N)cnn1-c1cc(C)c2ccccc2n1. The highest BCUT2D eigenvalue weighted by molar-refractivity contribution is 5.90. The second-order valence-corrected chi connectivity index (χ2v) is 5.63. The van der Waals surface area contributed by atoms with Crippen molar-refractivity contribution in [3.8, 4) is 11.9 Å². The molecule has 126 valence electrons. The van der Waals surface area contributed by atoms with E-state index < -0.39 is 0 Å². The molecule has 0 saturated carbocycles. The number of hydrogen-bond acceptors (Lipinski definition) is 4. The Bertz CT molecular complexity index is 969. The zero-order valence-electron chi connectivity index (χ0n) is 14.1. The summed E-state index contributed by atoms with van der Waals surface area (Å²) in [6.07, 6.45) is 2.24. The molecule has 0 unspecified atom stereocenters. The fourth-order valence-corrected chi connectivity index (χ4v) is 2.55. The first-order valence-corrected chi connectivity index (χ1v) is 8.03. The first kappa shape index (κ1) is 16.5. The minimum Gasteiger partial charge on any atom is -0.338 e. The van der Waals surface area contributed by atoms with Crippen molar-refractivity contribution in [2.24, 2.45) is 0 Å². The maximum absolute atomic E-state index is 12.0. The highest BCUT2D eigenvalue weighted by Gasteiger charge is 2.16. The van der Waals surface area contributed by atoms with E-state index in [2.05, 4.69) is 20.7 Å². The molecule has 0 saturated heterocycles. The van der Waals surface area contributed by atoms with Crippen LogP contribution >= 0.6 is 0 Å². The van der Waals surface area contributed by atoms with Crippen molar-refractivity contribution >= 4 is 22.8 Å². The molecular formula is C18H18N6O. The van der Waals surface area contributed by atoms with E-state index in [1.54, 1.807) is 0 Å². The molecule has 2 N–H and O–H groups in total. The van der Waals surface area contributed by atoms with E-state index in [1.165, 1.54) is 10.9 Å². The molecule has 0 spiro atoms. The molecule has 3 rings (SSSR count). The minimum absolute atomic E-state index is 0.277. The summed E-state index contributed by atoms with van der Waals surface area (Å²) in [5.74, 6) is 0.849. The molecule has 0 radical (unpaired) electrons. The Kier molecular flexibility index (Phi) is 4.61. The molecule has 2 heterocycles. The van der Waals surface area contributed by atoms with Crippen LogP contribution in [0.5, 0.6) is 0 Å². The lowest BCUT2D eigenvalue weighted by Gasteiger charge is -2.11. The van der Waals surface area contributed by atoms with Gasteiger partial charge >= 0.3 is 6.03 Å². The number of benzene rings is 1. The number of urea groups is 1. The van der Waals surface area contributed by atoms with Crippen LogP contribution in [-0.4, -0.2) is 27.3 Å². The summed E-state index contributed by atoms with van der Waals surface area (Å²) in [6, 6.07) is 11.3. The number of carbonyl (C=O) groups excluding carboxylic acids is 1. The van der Waals surface area contributed by atoms with Gasteiger partial charge in [0.25, 0.3) is 0 Å². The van der Waals surface area contributed by atoms with Crippen LogP contribution in [0.4, 0.5) is 10.6 Å². The molecule has 2 amide bonds. The number of fused-ring (bicyclic) bond motifs is 1. The second kappa shape index (κ2) is 7.01. The standard InChI is InChI=1S/C18H18N6O/c1-3-8-20-18(25)23-17-13(10-19)11-21-24(17)16-9-12(2)14-6-4-5-7-15(14)22-16/h4-7,9,11H,3,8H2,1-2H3,(H2,20,23,25). The second-order valence-electron chi connectivity index (χ2n) is 5.63. The number of aromatic nitrogens is 3. The molecule has 0 aliphatic heterocycles. The van der Waals surface area contributed by atoms with Crippen LogP contribution in [0.15, 0.2) is 36.5 Å². The van der Waals surface area contributed by atoms with Gasteiger partial charge in [-0.1, -0.05) is 25.1 Å². The summed E-state index contributed by atoms with van der Waals surface area (Å²) in [6.45, 7) is 4.51. The summed E-state index contributed by atoms with van der Waals surface area (Å²) in [5, 5.41) is 20.0. The maximum atomic E-state index is 12.0. The lowest BCUT2D eigenvalue weighted by molar-refractivity contribution is 0.252. The molecule has 0 aliphatic carbocycles. The third kappa shape index (κ3) is 3.28. The number of rotatable bonds is 4. The summed E-state index contributed by atoms with van der Waals surface area (Å²) < 4.78 is 1.48. The third-order valence-corrected chi connectivity index (χ3v) is 3.78. The number of pyridine rings is 1. The number of hydrogen-bond donors (Lipinski definition) is 2. The number of aryl methyl sites for hydroxylation is 1. The normalized spacial score (nSPS) is 10.4. The van der Waals surface area contributed by atoms with Gasteiger partial charge in [-0.2, -0.15) is 15.0 Å². The first-order valence-electron chi connectivity index (χ1n) is 8.03. The Morgan fingerprint density at radius 3 is 2.92 bits per heavy atom. The van der Waals surface area contributed by atoms with E-state index in [-0.39, 0.29) is 11.6 Å². The Balaban J connectivity index is 2.04. The van der Waals surface area contributed by atoms with Gasteiger partial charge in [0.15, 0.2) is 11.6 Å². The molecule has 25 heavy (non-hydrogen) atoms. The first-order chi connectivity index (χ1) is 12.1. The van der Waals surface area contributed by atoms with Crippen LogP contribution in [0.1, 0.15) is 24.5 Å². The average Bonchev–Trinajstić information content (AvgIpc) is 3.02. The van der Waals surface area contributed by atoms with Crippen LogP contribution < -0.4 is 10.6 Å². The number of anilines is 1. The highest BCUT2D eigenvalue weighted by Crippen LogP contribution is 2.23. The number of carbonyl (C=O) groups is 1. The highest BCUT2D eigenvalue weighted by atomic mass is 16.2. The van der Waals surface area contributed by atoms with Gasteiger partial charge < -0.3 is 5.32 Å². The average molecular weight is 334 g/mol. The summed E-state index contributed by atoms with van der Waals surface area (Å²) >= 11 is 0. The fourth-order valence-electron chi connectivity index (χ4n) is 2.55. The molecule has 0 bridgehead atoms. The van der Waals surface area contributed by atoms with E-state index in [0.29, 0.717) is 18.2 Å². The summed E-state index contributed by atoms with van der Waals surface area (Å²) in [4.78, 5) is 16.6.